The largest absolute Gasteiger partial charge is 0.353 e. The molecule has 0 bridgehead atoms. The molecule has 1 atom stereocenters. The fourth-order valence-corrected chi connectivity index (χ4v) is 1.39. The van der Waals surface area contributed by atoms with E-state index < -0.39 is 0 Å². The molecule has 14 heavy (non-hydrogen) atoms. The van der Waals surface area contributed by atoms with Gasteiger partial charge in [0.05, 0.1) is 0 Å². The van der Waals surface area contributed by atoms with E-state index in [4.69, 9.17) is 5.73 Å². The maximum atomic E-state index is 11.6. The lowest BCUT2D eigenvalue weighted by atomic mass is 10.0. The van der Waals surface area contributed by atoms with Crippen molar-refractivity contribution in [1.82, 2.24) is 5.32 Å². The highest BCUT2D eigenvalue weighted by Crippen LogP contribution is 2.06. The zero-order chi connectivity index (χ0) is 11.0. The fourth-order valence-electron chi connectivity index (χ4n) is 1.39. The van der Waals surface area contributed by atoms with Crippen LogP contribution >= 0.6 is 0 Å². The second kappa shape index (κ2) is 7.80. The lowest BCUT2D eigenvalue weighted by molar-refractivity contribution is -0.125. The molecule has 0 rings (SSSR count). The SMILES string of the molecule is CCC(CC)NC(=O)C(C)CCCN. The van der Waals surface area contributed by atoms with Gasteiger partial charge in [0.2, 0.25) is 5.91 Å². The first-order chi connectivity index (χ1) is 6.65. The monoisotopic (exact) mass is 200 g/mol. The molecule has 0 aliphatic heterocycles. The van der Waals surface area contributed by atoms with Crippen molar-refractivity contribution in [2.24, 2.45) is 11.7 Å². The lowest BCUT2D eigenvalue weighted by Gasteiger charge is -2.18. The molecule has 0 aromatic heterocycles. The van der Waals surface area contributed by atoms with Gasteiger partial charge in [0.1, 0.15) is 0 Å². The molecule has 0 aliphatic carbocycles. The van der Waals surface area contributed by atoms with E-state index in [1.54, 1.807) is 0 Å². The number of hydrogen-bond donors (Lipinski definition) is 2. The highest BCUT2D eigenvalue weighted by molar-refractivity contribution is 5.78. The van der Waals surface area contributed by atoms with Gasteiger partial charge in [-0.2, -0.15) is 0 Å². The molecule has 0 heterocycles. The minimum Gasteiger partial charge on any atom is -0.353 e. The van der Waals surface area contributed by atoms with Crippen molar-refractivity contribution < 1.29 is 4.79 Å². The predicted octanol–water partition coefficient (Wildman–Crippen LogP) is 1.67. The first-order valence-electron chi connectivity index (χ1n) is 5.66. The van der Waals surface area contributed by atoms with Crippen molar-refractivity contribution >= 4 is 5.91 Å². The normalized spacial score (nSPS) is 12.9. The molecule has 1 unspecified atom stereocenters. The summed E-state index contributed by atoms with van der Waals surface area (Å²) in [4.78, 5) is 11.6. The van der Waals surface area contributed by atoms with Crippen LogP contribution < -0.4 is 11.1 Å². The molecular weight excluding hydrogens is 176 g/mol. The highest BCUT2D eigenvalue weighted by Gasteiger charge is 2.14. The van der Waals surface area contributed by atoms with Crippen molar-refractivity contribution in [3.8, 4) is 0 Å². The average molecular weight is 200 g/mol. The van der Waals surface area contributed by atoms with Gasteiger partial charge in [-0.15, -0.1) is 0 Å². The summed E-state index contributed by atoms with van der Waals surface area (Å²) < 4.78 is 0. The zero-order valence-electron chi connectivity index (χ0n) is 9.68. The summed E-state index contributed by atoms with van der Waals surface area (Å²) in [7, 11) is 0. The summed E-state index contributed by atoms with van der Waals surface area (Å²) in [5.74, 6) is 0.270. The maximum Gasteiger partial charge on any atom is 0.223 e. The average Bonchev–Trinajstić information content (AvgIpc) is 2.21. The third-order valence-corrected chi connectivity index (χ3v) is 2.62. The van der Waals surface area contributed by atoms with Crippen LogP contribution in [0.15, 0.2) is 0 Å². The Morgan fingerprint density at radius 2 is 1.93 bits per heavy atom. The molecule has 84 valence electrons. The van der Waals surface area contributed by atoms with Crippen LogP contribution in [0.1, 0.15) is 46.5 Å². The number of carbonyl (C=O) groups excluding carboxylic acids is 1. The predicted molar refractivity (Wildman–Crippen MR) is 60.0 cm³/mol. The smallest absolute Gasteiger partial charge is 0.223 e. The van der Waals surface area contributed by atoms with E-state index in [-0.39, 0.29) is 11.8 Å². The van der Waals surface area contributed by atoms with Crippen LogP contribution in [-0.2, 0) is 4.79 Å². The third kappa shape index (κ3) is 5.22. The molecule has 3 N–H and O–H groups in total. The van der Waals surface area contributed by atoms with Crippen LogP contribution in [0.2, 0.25) is 0 Å². The Balaban J connectivity index is 3.81. The standard InChI is InChI=1S/C11H24N2O/c1-4-10(5-2)13-11(14)9(3)7-6-8-12/h9-10H,4-8,12H2,1-3H3,(H,13,14). The summed E-state index contributed by atoms with van der Waals surface area (Å²) in [6.45, 7) is 6.83. The summed E-state index contributed by atoms with van der Waals surface area (Å²) >= 11 is 0. The number of hydrogen-bond acceptors (Lipinski definition) is 2. The number of nitrogens with two attached hydrogens (primary N) is 1. The topological polar surface area (TPSA) is 55.1 Å². The third-order valence-electron chi connectivity index (χ3n) is 2.62. The molecule has 0 saturated carbocycles. The molecule has 0 aliphatic rings. The molecule has 0 aromatic carbocycles. The van der Waals surface area contributed by atoms with E-state index >= 15 is 0 Å². The second-order valence-corrected chi connectivity index (χ2v) is 3.85. The van der Waals surface area contributed by atoms with Crippen molar-refractivity contribution in [2.75, 3.05) is 6.54 Å². The van der Waals surface area contributed by atoms with Gasteiger partial charge >= 0.3 is 0 Å². The van der Waals surface area contributed by atoms with Crippen molar-refractivity contribution in [2.45, 2.75) is 52.5 Å². The first kappa shape index (κ1) is 13.4. The van der Waals surface area contributed by atoms with E-state index in [1.165, 1.54) is 0 Å². The van der Waals surface area contributed by atoms with Crippen molar-refractivity contribution in [1.29, 1.82) is 0 Å². The van der Waals surface area contributed by atoms with Gasteiger partial charge in [-0.05, 0) is 32.2 Å². The van der Waals surface area contributed by atoms with Crippen molar-refractivity contribution in [3.63, 3.8) is 0 Å². The second-order valence-electron chi connectivity index (χ2n) is 3.85. The van der Waals surface area contributed by atoms with Gasteiger partial charge in [-0.1, -0.05) is 20.8 Å². The lowest BCUT2D eigenvalue weighted by Crippen LogP contribution is -2.37. The van der Waals surface area contributed by atoms with Crippen LogP contribution in [-0.4, -0.2) is 18.5 Å². The van der Waals surface area contributed by atoms with Crippen LogP contribution in [0.4, 0.5) is 0 Å². The van der Waals surface area contributed by atoms with Gasteiger partial charge in [0.15, 0.2) is 0 Å². The Morgan fingerprint density at radius 3 is 2.36 bits per heavy atom. The molecule has 0 aromatic rings. The highest BCUT2D eigenvalue weighted by atomic mass is 16.1. The van der Waals surface area contributed by atoms with Crippen molar-refractivity contribution in [3.05, 3.63) is 0 Å². The molecule has 0 saturated heterocycles. The number of rotatable bonds is 7. The molecule has 0 radical (unpaired) electrons. The van der Waals surface area contributed by atoms with Crippen LogP contribution in [0.25, 0.3) is 0 Å². The Labute approximate surface area is 87.4 Å². The van der Waals surface area contributed by atoms with Crippen LogP contribution in [0.3, 0.4) is 0 Å². The Morgan fingerprint density at radius 1 is 1.36 bits per heavy atom. The van der Waals surface area contributed by atoms with E-state index in [2.05, 4.69) is 19.2 Å². The summed E-state index contributed by atoms with van der Waals surface area (Å²) in [5, 5.41) is 3.05. The Kier molecular flexibility index (Phi) is 7.48. The maximum absolute atomic E-state index is 11.6. The Hall–Kier alpha value is -0.570. The zero-order valence-corrected chi connectivity index (χ0v) is 9.68. The van der Waals surface area contributed by atoms with E-state index in [9.17, 15) is 4.79 Å². The summed E-state index contributed by atoms with van der Waals surface area (Å²) in [6, 6.07) is 0.336. The van der Waals surface area contributed by atoms with Crippen LogP contribution in [0, 0.1) is 5.92 Å². The quantitative estimate of drug-likeness (QED) is 0.657. The summed E-state index contributed by atoms with van der Waals surface area (Å²) in [6.07, 6.45) is 3.83. The molecule has 0 fully saturated rings. The number of nitrogens with one attached hydrogen (secondary N) is 1. The van der Waals surface area contributed by atoms with Gasteiger partial charge in [-0.3, -0.25) is 4.79 Å². The van der Waals surface area contributed by atoms with Crippen LogP contribution in [0.5, 0.6) is 0 Å². The van der Waals surface area contributed by atoms with E-state index in [0.29, 0.717) is 12.6 Å². The molecule has 0 spiro atoms. The van der Waals surface area contributed by atoms with Gasteiger partial charge in [0, 0.05) is 12.0 Å². The van der Waals surface area contributed by atoms with E-state index in [0.717, 1.165) is 25.7 Å². The van der Waals surface area contributed by atoms with E-state index in [1.807, 2.05) is 6.92 Å². The summed E-state index contributed by atoms with van der Waals surface area (Å²) in [5.41, 5.74) is 5.40. The molecule has 3 heteroatoms. The Bertz CT molecular complexity index is 155. The minimum atomic E-state index is 0.0964. The molecule has 3 nitrogen and oxygen atoms in total. The fraction of sp³-hybridized carbons (Fsp3) is 0.909. The first-order valence-corrected chi connectivity index (χ1v) is 5.66. The van der Waals surface area contributed by atoms with Gasteiger partial charge < -0.3 is 11.1 Å². The molecule has 1 amide bonds. The number of amides is 1. The van der Waals surface area contributed by atoms with Gasteiger partial charge in [-0.25, -0.2) is 0 Å². The van der Waals surface area contributed by atoms with Gasteiger partial charge in [0.25, 0.3) is 0 Å². The molecular formula is C11H24N2O. The minimum absolute atomic E-state index is 0.0964. The number of carbonyl (C=O) groups is 1.